The molecule has 2 rings (SSSR count). The molecule has 1 fully saturated rings. The number of carbonyl (C=O) groups is 1. The van der Waals surface area contributed by atoms with Crippen molar-refractivity contribution in [3.63, 3.8) is 0 Å². The molecule has 0 unspecified atom stereocenters. The van der Waals surface area contributed by atoms with Crippen LogP contribution in [0.25, 0.3) is 0 Å². The Hall–Kier alpha value is -1.49. The molecule has 1 saturated heterocycles. The van der Waals surface area contributed by atoms with E-state index in [1.54, 1.807) is 12.1 Å². The zero-order chi connectivity index (χ0) is 12.4. The lowest BCUT2D eigenvalue weighted by Gasteiger charge is -2.22. The van der Waals surface area contributed by atoms with Crippen LogP contribution in [-0.2, 0) is 0 Å². The molecule has 2 heterocycles. The lowest BCUT2D eigenvalue weighted by atomic mass is 10.2. The van der Waals surface area contributed by atoms with Crippen molar-refractivity contribution in [3.05, 3.63) is 29.6 Å². The number of carbonyl (C=O) groups excluding carboxylic acids is 1. The third-order valence-corrected chi connectivity index (χ3v) is 2.99. The minimum Gasteiger partial charge on any atom is -0.394 e. The van der Waals surface area contributed by atoms with Gasteiger partial charge >= 0.3 is 0 Å². The Bertz CT molecular complexity index is 407. The predicted molar refractivity (Wildman–Crippen MR) is 60.4 cm³/mol. The number of likely N-dealkylation sites (tertiary alicyclic amines) is 1. The van der Waals surface area contributed by atoms with E-state index in [4.69, 9.17) is 5.11 Å². The average Bonchev–Trinajstić information content (AvgIpc) is 2.70. The van der Waals surface area contributed by atoms with E-state index in [2.05, 4.69) is 4.98 Å². The smallest absolute Gasteiger partial charge is 0.255 e. The normalized spacial score (nSPS) is 24.1. The van der Waals surface area contributed by atoms with Gasteiger partial charge in [-0.3, -0.25) is 9.78 Å². The maximum atomic E-state index is 13.2. The van der Waals surface area contributed by atoms with Crippen LogP contribution in [0.2, 0.25) is 0 Å². The van der Waals surface area contributed by atoms with E-state index in [0.717, 1.165) is 5.69 Å². The SMILES string of the molecule is Cc1ccc(C(=O)N2C[C@@H](F)C[C@H]2CO)cn1. The summed E-state index contributed by atoms with van der Waals surface area (Å²) in [5, 5.41) is 9.12. The number of hydrogen-bond acceptors (Lipinski definition) is 3. The Morgan fingerprint density at radius 2 is 2.41 bits per heavy atom. The molecule has 0 saturated carbocycles. The van der Waals surface area contributed by atoms with Crippen molar-refractivity contribution in [1.29, 1.82) is 0 Å². The van der Waals surface area contributed by atoms with E-state index >= 15 is 0 Å². The topological polar surface area (TPSA) is 53.4 Å². The van der Waals surface area contributed by atoms with Crippen molar-refractivity contribution in [1.82, 2.24) is 9.88 Å². The van der Waals surface area contributed by atoms with Crippen LogP contribution in [0.1, 0.15) is 22.5 Å². The molecule has 1 N–H and O–H groups in total. The Labute approximate surface area is 99.1 Å². The second kappa shape index (κ2) is 4.79. The van der Waals surface area contributed by atoms with E-state index in [1.165, 1.54) is 11.1 Å². The van der Waals surface area contributed by atoms with Gasteiger partial charge in [0.2, 0.25) is 0 Å². The van der Waals surface area contributed by atoms with Crippen molar-refractivity contribution in [2.45, 2.75) is 25.6 Å². The van der Waals surface area contributed by atoms with Crippen LogP contribution in [0.15, 0.2) is 18.3 Å². The number of hydrogen-bond donors (Lipinski definition) is 1. The van der Waals surface area contributed by atoms with Gasteiger partial charge in [0.05, 0.1) is 24.8 Å². The summed E-state index contributed by atoms with van der Waals surface area (Å²) in [5.41, 5.74) is 1.26. The van der Waals surface area contributed by atoms with Crippen LogP contribution in [-0.4, -0.2) is 46.3 Å². The highest BCUT2D eigenvalue weighted by molar-refractivity contribution is 5.94. The summed E-state index contributed by atoms with van der Waals surface area (Å²) in [4.78, 5) is 17.5. The number of aliphatic hydroxyl groups is 1. The zero-order valence-electron chi connectivity index (χ0n) is 9.64. The predicted octanol–water partition coefficient (Wildman–Crippen LogP) is 0.935. The number of halogens is 1. The highest BCUT2D eigenvalue weighted by atomic mass is 19.1. The van der Waals surface area contributed by atoms with Gasteiger partial charge in [0.15, 0.2) is 0 Å². The van der Waals surface area contributed by atoms with E-state index < -0.39 is 12.2 Å². The second-order valence-electron chi connectivity index (χ2n) is 4.32. The number of pyridine rings is 1. The first-order valence-corrected chi connectivity index (χ1v) is 5.60. The Morgan fingerprint density at radius 1 is 1.65 bits per heavy atom. The molecule has 0 aromatic carbocycles. The van der Waals surface area contributed by atoms with Crippen LogP contribution in [0.5, 0.6) is 0 Å². The third kappa shape index (κ3) is 2.44. The molecule has 1 aliphatic rings. The molecule has 1 aromatic heterocycles. The van der Waals surface area contributed by atoms with Gasteiger partial charge in [-0.1, -0.05) is 0 Å². The van der Waals surface area contributed by atoms with Crippen LogP contribution < -0.4 is 0 Å². The second-order valence-corrected chi connectivity index (χ2v) is 4.32. The first-order valence-electron chi connectivity index (χ1n) is 5.60. The molecule has 2 atom stereocenters. The summed E-state index contributed by atoms with van der Waals surface area (Å²) in [6, 6.07) is 2.99. The number of nitrogens with zero attached hydrogens (tertiary/aromatic N) is 2. The summed E-state index contributed by atoms with van der Waals surface area (Å²) >= 11 is 0. The summed E-state index contributed by atoms with van der Waals surface area (Å²) in [6.07, 6.45) is 0.647. The third-order valence-electron chi connectivity index (χ3n) is 2.99. The highest BCUT2D eigenvalue weighted by Gasteiger charge is 2.35. The molecule has 1 aromatic rings. The summed E-state index contributed by atoms with van der Waals surface area (Å²) in [5.74, 6) is -0.267. The molecule has 0 spiro atoms. The van der Waals surface area contributed by atoms with Crippen molar-refractivity contribution in [3.8, 4) is 0 Å². The number of amides is 1. The van der Waals surface area contributed by atoms with E-state index in [-0.39, 0.29) is 25.5 Å². The molecule has 0 bridgehead atoms. The summed E-state index contributed by atoms with van der Waals surface area (Å²) < 4.78 is 13.2. The van der Waals surface area contributed by atoms with E-state index in [0.29, 0.717) is 5.56 Å². The van der Waals surface area contributed by atoms with Crippen molar-refractivity contribution in [2.75, 3.05) is 13.2 Å². The molecule has 5 heteroatoms. The number of aromatic nitrogens is 1. The Kier molecular flexibility index (Phi) is 3.38. The fraction of sp³-hybridized carbons (Fsp3) is 0.500. The lowest BCUT2D eigenvalue weighted by Crippen LogP contribution is -2.37. The molecule has 0 radical (unpaired) electrons. The van der Waals surface area contributed by atoms with Crippen molar-refractivity contribution in [2.24, 2.45) is 0 Å². The highest BCUT2D eigenvalue weighted by Crippen LogP contribution is 2.22. The molecule has 1 aliphatic heterocycles. The van der Waals surface area contributed by atoms with Crippen LogP contribution in [0, 0.1) is 6.92 Å². The first kappa shape index (κ1) is 12.0. The number of aryl methyl sites for hydroxylation is 1. The molecular weight excluding hydrogens is 223 g/mol. The fourth-order valence-electron chi connectivity index (χ4n) is 2.04. The molecule has 0 aliphatic carbocycles. The molecule has 1 amide bonds. The number of rotatable bonds is 2. The van der Waals surface area contributed by atoms with Gasteiger partial charge in [-0.25, -0.2) is 4.39 Å². The van der Waals surface area contributed by atoms with Crippen molar-refractivity contribution >= 4 is 5.91 Å². The minimum atomic E-state index is -1.05. The van der Waals surface area contributed by atoms with Crippen LogP contribution in [0.4, 0.5) is 4.39 Å². The van der Waals surface area contributed by atoms with E-state index in [9.17, 15) is 9.18 Å². The van der Waals surface area contributed by atoms with Crippen LogP contribution >= 0.6 is 0 Å². The number of aliphatic hydroxyl groups excluding tert-OH is 1. The van der Waals surface area contributed by atoms with Gasteiger partial charge in [0.1, 0.15) is 6.17 Å². The van der Waals surface area contributed by atoms with Gasteiger partial charge in [0, 0.05) is 18.3 Å². The summed E-state index contributed by atoms with van der Waals surface area (Å²) in [7, 11) is 0. The standard InChI is InChI=1S/C12H15FN2O2/c1-8-2-3-9(5-14-8)12(17)15-6-10(13)4-11(15)7-16/h2-3,5,10-11,16H,4,6-7H2,1H3/t10-,11-/m0/s1. The quantitative estimate of drug-likeness (QED) is 0.834. The van der Waals surface area contributed by atoms with Gasteiger partial charge in [-0.05, 0) is 19.1 Å². The minimum absolute atomic E-state index is 0.0535. The van der Waals surface area contributed by atoms with Gasteiger partial charge in [0.25, 0.3) is 5.91 Å². The maximum absolute atomic E-state index is 13.2. The van der Waals surface area contributed by atoms with Crippen molar-refractivity contribution < 1.29 is 14.3 Å². The monoisotopic (exact) mass is 238 g/mol. The maximum Gasteiger partial charge on any atom is 0.255 e. The largest absolute Gasteiger partial charge is 0.394 e. The number of alkyl halides is 1. The zero-order valence-corrected chi connectivity index (χ0v) is 9.64. The summed E-state index contributed by atoms with van der Waals surface area (Å²) in [6.45, 7) is 1.68. The molecule has 17 heavy (non-hydrogen) atoms. The Morgan fingerprint density at radius 3 is 3.00 bits per heavy atom. The van der Waals surface area contributed by atoms with Gasteiger partial charge in [-0.2, -0.15) is 0 Å². The Balaban J connectivity index is 2.17. The van der Waals surface area contributed by atoms with E-state index in [1.807, 2.05) is 6.92 Å². The molecular formula is C12H15FN2O2. The average molecular weight is 238 g/mol. The lowest BCUT2D eigenvalue weighted by molar-refractivity contribution is 0.0672. The molecule has 4 nitrogen and oxygen atoms in total. The molecule has 92 valence electrons. The van der Waals surface area contributed by atoms with Gasteiger partial charge < -0.3 is 10.0 Å². The van der Waals surface area contributed by atoms with Crippen LogP contribution in [0.3, 0.4) is 0 Å². The van der Waals surface area contributed by atoms with Gasteiger partial charge in [-0.15, -0.1) is 0 Å². The fourth-order valence-corrected chi connectivity index (χ4v) is 2.04. The first-order chi connectivity index (χ1) is 8.11.